The number of ketones is 2. The lowest BCUT2D eigenvalue weighted by atomic mass is 9.48. The van der Waals surface area contributed by atoms with Gasteiger partial charge >= 0.3 is 6.09 Å². The number of allylic oxidation sites excluding steroid dienone is 1. The first-order chi connectivity index (χ1) is 37.7. The number of benzene rings is 2. The van der Waals surface area contributed by atoms with Gasteiger partial charge in [0.25, 0.3) is 0 Å². The van der Waals surface area contributed by atoms with Crippen LogP contribution in [0.5, 0.6) is 11.5 Å². The zero-order valence-corrected chi connectivity index (χ0v) is 52.2. The van der Waals surface area contributed by atoms with E-state index in [-0.39, 0.29) is 66.8 Å². The van der Waals surface area contributed by atoms with Crippen molar-refractivity contribution in [3.63, 3.8) is 0 Å². The Morgan fingerprint density at radius 2 is 1.16 bits per heavy atom. The van der Waals surface area contributed by atoms with E-state index < -0.39 is 44.9 Å². The van der Waals surface area contributed by atoms with Crippen LogP contribution in [0.3, 0.4) is 0 Å². The van der Waals surface area contributed by atoms with Crippen molar-refractivity contribution in [1.82, 2.24) is 4.90 Å². The summed E-state index contributed by atoms with van der Waals surface area (Å²) in [5.74, 6) is -0.0234. The molecule has 7 fully saturated rings. The minimum absolute atomic E-state index is 0. The second-order valence-electron chi connectivity index (χ2n) is 25.9. The number of carbonyl (C=O) groups is 4. The predicted molar refractivity (Wildman–Crippen MR) is 329 cm³/mol. The summed E-state index contributed by atoms with van der Waals surface area (Å²) in [4.78, 5) is 55.4. The van der Waals surface area contributed by atoms with E-state index in [1.807, 2.05) is 74.5 Å². The molecule has 2 aromatic rings. The number of alkyl halides is 1. The van der Waals surface area contributed by atoms with Gasteiger partial charge in [0.05, 0.1) is 72.5 Å². The minimum atomic E-state index is -0.847. The highest BCUT2D eigenvalue weighted by molar-refractivity contribution is 14.1. The summed E-state index contributed by atoms with van der Waals surface area (Å²) in [6.07, 6.45) is 9.83. The van der Waals surface area contributed by atoms with Gasteiger partial charge in [-0.15, -0.1) is 13.2 Å². The van der Waals surface area contributed by atoms with E-state index in [1.54, 1.807) is 41.9 Å². The summed E-state index contributed by atoms with van der Waals surface area (Å²) in [5.41, 5.74) is -0.829. The number of rotatable bonds is 17. The van der Waals surface area contributed by atoms with Crippen molar-refractivity contribution in [3.8, 4) is 11.5 Å². The lowest BCUT2D eigenvalue weighted by Crippen LogP contribution is -2.68. The fourth-order valence-corrected chi connectivity index (χ4v) is 15.0. The van der Waals surface area contributed by atoms with Gasteiger partial charge in [0.2, 0.25) is 5.91 Å². The highest BCUT2D eigenvalue weighted by Gasteiger charge is 2.76. The minimum Gasteiger partial charge on any atom is -0.497 e. The van der Waals surface area contributed by atoms with Crippen LogP contribution in [0.2, 0.25) is 0 Å². The molecule has 4 aliphatic carbocycles. The average Bonchev–Trinajstić information content (AvgIpc) is 4.40. The third kappa shape index (κ3) is 13.1. The molecular weight excluding hydrogens is 1150 g/mol. The third-order valence-corrected chi connectivity index (χ3v) is 21.4. The number of halogens is 1. The number of hydrogen-bond donors (Lipinski definition) is 0. The van der Waals surface area contributed by atoms with Crippen LogP contribution in [0.15, 0.2) is 86.1 Å². The van der Waals surface area contributed by atoms with Gasteiger partial charge in [0, 0.05) is 68.3 Å². The largest absolute Gasteiger partial charge is 0.497 e. The van der Waals surface area contributed by atoms with Crippen LogP contribution in [-0.4, -0.2) is 104 Å². The van der Waals surface area contributed by atoms with Gasteiger partial charge in [-0.2, -0.15) is 0 Å². The topological polar surface area (TPSA) is 155 Å². The molecule has 2 spiro atoms. The highest BCUT2D eigenvalue weighted by atomic mass is 127. The molecule has 14 nitrogen and oxygen atoms in total. The Morgan fingerprint density at radius 1 is 0.695 bits per heavy atom. The first-order valence-electron chi connectivity index (χ1n) is 28.8. The van der Waals surface area contributed by atoms with Crippen LogP contribution >= 0.6 is 22.6 Å². The number of Topliss-reactive ketones (excluding diaryl/α,β-unsaturated/α-hetero) is 2. The zero-order chi connectivity index (χ0) is 58.7. The van der Waals surface area contributed by atoms with Gasteiger partial charge in [-0.3, -0.25) is 14.4 Å². The van der Waals surface area contributed by atoms with Crippen LogP contribution in [0.4, 0.5) is 4.79 Å². The Kier molecular flexibility index (Phi) is 22.4. The molecule has 0 aromatic heterocycles. The van der Waals surface area contributed by atoms with E-state index in [1.165, 1.54) is 4.90 Å². The molecular formula is C67H100INO13. The van der Waals surface area contributed by atoms with Crippen LogP contribution in [0, 0.1) is 56.2 Å². The highest BCUT2D eigenvalue weighted by Crippen LogP contribution is 2.72. The van der Waals surface area contributed by atoms with Gasteiger partial charge in [0.15, 0.2) is 11.6 Å². The number of nitrogens with zero attached hydrogens (tertiary/aromatic N) is 1. The van der Waals surface area contributed by atoms with Crippen molar-refractivity contribution in [2.24, 2.45) is 56.2 Å². The number of ether oxygens (including phenoxy) is 9. The molecule has 458 valence electrons. The predicted octanol–water partition coefficient (Wildman–Crippen LogP) is 14.5. The van der Waals surface area contributed by atoms with Gasteiger partial charge in [-0.1, -0.05) is 115 Å². The number of likely N-dealkylation sites (tertiary alicyclic amines) is 1. The number of imide groups is 1. The van der Waals surface area contributed by atoms with Crippen molar-refractivity contribution < 1.29 is 61.8 Å². The average molecular weight is 1250 g/mol. The van der Waals surface area contributed by atoms with E-state index in [9.17, 15) is 19.2 Å². The number of piperidine rings is 1. The van der Waals surface area contributed by atoms with Gasteiger partial charge in [-0.05, 0) is 120 Å². The van der Waals surface area contributed by atoms with E-state index in [2.05, 4.69) is 70.0 Å². The van der Waals surface area contributed by atoms with Gasteiger partial charge < -0.3 is 42.6 Å². The molecule has 2 aromatic carbocycles. The molecule has 3 saturated heterocycles. The molecule has 82 heavy (non-hydrogen) atoms. The molecule has 3 heterocycles. The summed E-state index contributed by atoms with van der Waals surface area (Å²) in [6.45, 7) is 36.0. The summed E-state index contributed by atoms with van der Waals surface area (Å²) in [5, 5.41) is 0. The normalized spacial score (nSPS) is 30.5. The fourth-order valence-electron chi connectivity index (χ4n) is 14.5. The Labute approximate surface area is 505 Å². The lowest BCUT2D eigenvalue weighted by molar-refractivity contribution is -0.246. The maximum Gasteiger partial charge on any atom is 0.421 e. The van der Waals surface area contributed by atoms with Crippen LogP contribution in [0.1, 0.15) is 153 Å². The molecule has 0 N–H and O–H groups in total. The number of hydrogen-bond acceptors (Lipinski definition) is 13. The summed E-state index contributed by atoms with van der Waals surface area (Å²) < 4.78 is 53.5. The standard InChI is InChI=1S/C30H42O6.C21H31NO5.C14H19IO2.2CH4/c1-7-27(4,20-34-19-23-8-10-24(33-6)11-9-23)18-25(32)28(5)21(2)12-13-29(22(3)31)14-15-30(26(28)29)35-16-17-36-30;1-13-7-8-20-9-10-21(25-11-12-26-21)15(20)19(13,6)16(23)22(14(20)2)17(24)27-18(3,4)5;1-4-14(2,10-15)11-17-9-12-5-7-13(16-3)8-6-12;;/h7-11,21,26H,1,12-20H2,2-6H3;13,15H,2,7-12H2,1,3-6H3;4-8H,1,9-11H2,2-3H3;2*1H4/t21-,26?,27+,28+,29+;13-,15?,19-,20+;14-;;/m110../s1. The van der Waals surface area contributed by atoms with E-state index in [4.69, 9.17) is 42.6 Å². The molecule has 3 aliphatic heterocycles. The molecule has 2 unspecified atom stereocenters. The Hall–Kier alpha value is -3.97. The van der Waals surface area contributed by atoms with Crippen LogP contribution in [0.25, 0.3) is 0 Å². The first-order valence-corrected chi connectivity index (χ1v) is 30.3. The molecule has 9 rings (SSSR count). The quantitative estimate of drug-likeness (QED) is 0.0839. The molecule has 15 heteroatoms. The molecule has 4 saturated carbocycles. The molecule has 10 atom stereocenters. The Morgan fingerprint density at radius 3 is 1.61 bits per heavy atom. The van der Waals surface area contributed by atoms with E-state index in [0.29, 0.717) is 77.8 Å². The number of carbonyl (C=O) groups excluding carboxylic acids is 4. The molecule has 2 bridgehead atoms. The number of amides is 2. The third-order valence-electron chi connectivity index (χ3n) is 19.6. The van der Waals surface area contributed by atoms with Gasteiger partial charge in [-0.25, -0.2) is 9.69 Å². The smallest absolute Gasteiger partial charge is 0.421 e. The Balaban J connectivity index is 0.000000237. The lowest BCUT2D eigenvalue weighted by Gasteiger charge is -2.61. The first kappa shape index (κ1) is 68.8. The molecule has 7 aliphatic rings. The van der Waals surface area contributed by atoms with Crippen molar-refractivity contribution in [2.75, 3.05) is 58.3 Å². The summed E-state index contributed by atoms with van der Waals surface area (Å²) in [7, 11) is 3.31. The van der Waals surface area contributed by atoms with E-state index in [0.717, 1.165) is 65.6 Å². The summed E-state index contributed by atoms with van der Waals surface area (Å²) in [6, 6.07) is 15.7. The monoisotopic (exact) mass is 1250 g/mol. The maximum atomic E-state index is 14.3. The zero-order valence-electron chi connectivity index (χ0n) is 50.1. The number of methoxy groups -OCH3 is 2. The van der Waals surface area contributed by atoms with E-state index >= 15 is 0 Å². The molecule has 0 radical (unpaired) electrons. The Bertz CT molecular complexity index is 2570. The van der Waals surface area contributed by atoms with Crippen LogP contribution < -0.4 is 9.47 Å². The molecule has 2 amide bonds. The van der Waals surface area contributed by atoms with Gasteiger partial charge in [0.1, 0.15) is 28.7 Å². The summed E-state index contributed by atoms with van der Waals surface area (Å²) >= 11 is 2.36. The number of fused-ring (bicyclic) bond motifs is 2. The van der Waals surface area contributed by atoms with Crippen molar-refractivity contribution in [2.45, 2.75) is 172 Å². The maximum absolute atomic E-state index is 14.3. The van der Waals surface area contributed by atoms with Crippen LogP contribution in [-0.2, 0) is 60.8 Å². The second kappa shape index (κ2) is 26.7. The van der Waals surface area contributed by atoms with Crippen molar-refractivity contribution >= 4 is 46.2 Å². The fraction of sp³-hybridized carbons (Fsp3) is 0.672. The SMILES string of the molecule is C.C.C=C1N(C(=O)OC(C)(C)C)C(=O)[C@@]2(C)C3C4(CC[C@@]13CC[C@H]2C)OCCO4.C=C[C@@](C)(CI)COCc1ccc(OC)cc1.C=C[C@](C)(COCc1ccc(OC)cc1)CC(=O)[C@@]1(C)C2C3(CC[C@]2(C(C)=O)CC[C@H]1C)OCCO3. The van der Waals surface area contributed by atoms with Crippen molar-refractivity contribution in [1.29, 1.82) is 0 Å². The second-order valence-corrected chi connectivity index (χ2v) is 26.7. The van der Waals surface area contributed by atoms with Crippen molar-refractivity contribution in [3.05, 3.63) is 97.2 Å².